The second-order valence-electron chi connectivity index (χ2n) is 4.61. The van der Waals surface area contributed by atoms with Crippen LogP contribution in [0.25, 0.3) is 0 Å². The van der Waals surface area contributed by atoms with Crippen molar-refractivity contribution in [2.75, 3.05) is 0 Å². The summed E-state index contributed by atoms with van der Waals surface area (Å²) in [5.41, 5.74) is 3.63. The minimum atomic E-state index is 0.183. The fraction of sp³-hybridized carbons (Fsp3) is 0.357. The SMILES string of the molecule is O=c1c2c([nH]n1CCCc1ccccc1)CSC2. The third-order valence-corrected chi connectivity index (χ3v) is 4.31. The molecule has 1 aromatic carbocycles. The highest BCUT2D eigenvalue weighted by Gasteiger charge is 2.18. The number of benzene rings is 1. The molecule has 3 rings (SSSR count). The molecule has 1 aromatic heterocycles. The largest absolute Gasteiger partial charge is 0.299 e. The van der Waals surface area contributed by atoms with E-state index in [2.05, 4.69) is 29.4 Å². The van der Waals surface area contributed by atoms with Crippen molar-refractivity contribution in [2.24, 2.45) is 0 Å². The Balaban J connectivity index is 1.63. The fourth-order valence-electron chi connectivity index (χ4n) is 2.34. The summed E-state index contributed by atoms with van der Waals surface area (Å²) in [4.78, 5) is 12.0. The van der Waals surface area contributed by atoms with Gasteiger partial charge in [0.15, 0.2) is 0 Å². The number of fused-ring (bicyclic) bond motifs is 1. The summed E-state index contributed by atoms with van der Waals surface area (Å²) in [6, 6.07) is 10.4. The maximum atomic E-state index is 12.0. The molecule has 1 N–H and O–H groups in total. The summed E-state index contributed by atoms with van der Waals surface area (Å²) in [5.74, 6) is 1.83. The maximum Gasteiger partial charge on any atom is 0.270 e. The minimum absolute atomic E-state index is 0.183. The third-order valence-electron chi connectivity index (χ3n) is 3.32. The van der Waals surface area contributed by atoms with Crippen molar-refractivity contribution in [3.05, 3.63) is 57.5 Å². The molecular weight excluding hydrogens is 244 g/mol. The van der Waals surface area contributed by atoms with Crippen molar-refractivity contribution >= 4 is 11.8 Å². The minimum Gasteiger partial charge on any atom is -0.299 e. The van der Waals surface area contributed by atoms with E-state index in [0.29, 0.717) is 0 Å². The van der Waals surface area contributed by atoms with Gasteiger partial charge in [0.2, 0.25) is 0 Å². The number of thioether (sulfide) groups is 1. The molecule has 0 saturated carbocycles. The van der Waals surface area contributed by atoms with Gasteiger partial charge in [0.25, 0.3) is 5.56 Å². The van der Waals surface area contributed by atoms with Crippen molar-refractivity contribution < 1.29 is 0 Å². The summed E-state index contributed by atoms with van der Waals surface area (Å²) in [5, 5.41) is 3.23. The Morgan fingerprint density at radius 3 is 2.83 bits per heavy atom. The van der Waals surface area contributed by atoms with Crippen LogP contribution in [0.2, 0.25) is 0 Å². The van der Waals surface area contributed by atoms with E-state index in [1.54, 1.807) is 4.68 Å². The van der Waals surface area contributed by atoms with E-state index < -0.39 is 0 Å². The predicted octanol–water partition coefficient (Wildman–Crippen LogP) is 2.56. The average Bonchev–Trinajstić information content (AvgIpc) is 2.96. The lowest BCUT2D eigenvalue weighted by Gasteiger charge is -2.03. The number of hydrogen-bond donors (Lipinski definition) is 1. The summed E-state index contributed by atoms with van der Waals surface area (Å²) in [6.07, 6.45) is 2.02. The zero-order valence-corrected chi connectivity index (χ0v) is 11.0. The molecule has 0 radical (unpaired) electrons. The van der Waals surface area contributed by atoms with Crippen LogP contribution < -0.4 is 5.56 Å². The van der Waals surface area contributed by atoms with E-state index in [4.69, 9.17) is 0 Å². The van der Waals surface area contributed by atoms with Gasteiger partial charge in [0, 0.05) is 18.1 Å². The molecule has 0 unspecified atom stereocenters. The summed E-state index contributed by atoms with van der Waals surface area (Å²) in [6.45, 7) is 0.783. The molecule has 0 spiro atoms. The molecular formula is C14H16N2OS. The molecule has 0 amide bonds. The summed E-state index contributed by atoms with van der Waals surface area (Å²) >= 11 is 1.81. The van der Waals surface area contributed by atoms with E-state index in [0.717, 1.165) is 42.1 Å². The number of aromatic amines is 1. The lowest BCUT2D eigenvalue weighted by molar-refractivity contribution is 0.559. The first-order valence-electron chi connectivity index (χ1n) is 6.27. The van der Waals surface area contributed by atoms with Crippen LogP contribution in [0.15, 0.2) is 35.1 Å². The predicted molar refractivity (Wildman–Crippen MR) is 74.8 cm³/mol. The Morgan fingerprint density at radius 1 is 1.22 bits per heavy atom. The number of aromatic nitrogens is 2. The number of nitrogens with zero attached hydrogens (tertiary/aromatic N) is 1. The normalized spacial score (nSPS) is 13.8. The molecule has 2 heterocycles. The number of aryl methyl sites for hydroxylation is 2. The number of H-pyrrole nitrogens is 1. The first-order chi connectivity index (χ1) is 8.84. The van der Waals surface area contributed by atoms with Gasteiger partial charge in [-0.15, -0.1) is 0 Å². The van der Waals surface area contributed by atoms with Crippen molar-refractivity contribution in [1.82, 2.24) is 9.78 Å². The highest BCUT2D eigenvalue weighted by atomic mass is 32.2. The van der Waals surface area contributed by atoms with Crippen LogP contribution in [0.5, 0.6) is 0 Å². The van der Waals surface area contributed by atoms with Crippen molar-refractivity contribution in [1.29, 1.82) is 0 Å². The molecule has 4 heteroatoms. The van der Waals surface area contributed by atoms with E-state index in [9.17, 15) is 4.79 Å². The Labute approximate surface area is 110 Å². The summed E-state index contributed by atoms with van der Waals surface area (Å²) < 4.78 is 1.77. The van der Waals surface area contributed by atoms with Crippen LogP contribution in [-0.4, -0.2) is 9.78 Å². The molecule has 1 aliphatic rings. The molecule has 0 saturated heterocycles. The van der Waals surface area contributed by atoms with Crippen molar-refractivity contribution in [3.8, 4) is 0 Å². The van der Waals surface area contributed by atoms with Gasteiger partial charge in [0.1, 0.15) is 0 Å². The molecule has 0 fully saturated rings. The Kier molecular flexibility index (Phi) is 3.28. The molecule has 0 atom stereocenters. The van der Waals surface area contributed by atoms with Gasteiger partial charge in [0.05, 0.1) is 11.3 Å². The van der Waals surface area contributed by atoms with Gasteiger partial charge in [-0.1, -0.05) is 30.3 Å². The van der Waals surface area contributed by atoms with Gasteiger partial charge in [-0.2, -0.15) is 11.8 Å². The number of hydrogen-bond acceptors (Lipinski definition) is 2. The van der Waals surface area contributed by atoms with Crippen LogP contribution in [0.3, 0.4) is 0 Å². The van der Waals surface area contributed by atoms with Crippen LogP contribution in [-0.2, 0) is 24.5 Å². The number of nitrogens with one attached hydrogen (secondary N) is 1. The molecule has 0 aliphatic carbocycles. The molecule has 0 bridgehead atoms. The van der Waals surface area contributed by atoms with Crippen LogP contribution in [0.4, 0.5) is 0 Å². The monoisotopic (exact) mass is 260 g/mol. The van der Waals surface area contributed by atoms with Gasteiger partial charge in [-0.05, 0) is 18.4 Å². The first kappa shape index (κ1) is 11.7. The van der Waals surface area contributed by atoms with Gasteiger partial charge >= 0.3 is 0 Å². The van der Waals surface area contributed by atoms with Gasteiger partial charge in [-0.3, -0.25) is 14.6 Å². The average molecular weight is 260 g/mol. The lowest BCUT2D eigenvalue weighted by atomic mass is 10.1. The standard InChI is InChI=1S/C14H16N2OS/c17-14-12-9-18-10-13(12)15-16(14)8-4-7-11-5-2-1-3-6-11/h1-3,5-6,15H,4,7-10H2. The molecule has 1 aliphatic heterocycles. The van der Waals surface area contributed by atoms with Gasteiger partial charge in [-0.25, -0.2) is 0 Å². The second kappa shape index (κ2) is 5.06. The Morgan fingerprint density at radius 2 is 2.06 bits per heavy atom. The Hall–Kier alpha value is -1.42. The molecule has 2 aromatic rings. The van der Waals surface area contributed by atoms with E-state index in [1.807, 2.05) is 17.8 Å². The third kappa shape index (κ3) is 2.25. The van der Waals surface area contributed by atoms with E-state index >= 15 is 0 Å². The quantitative estimate of drug-likeness (QED) is 0.917. The van der Waals surface area contributed by atoms with E-state index in [1.165, 1.54) is 5.56 Å². The zero-order chi connectivity index (χ0) is 12.4. The highest BCUT2D eigenvalue weighted by molar-refractivity contribution is 7.98. The first-order valence-corrected chi connectivity index (χ1v) is 7.42. The Bertz CT molecular complexity index is 586. The molecule has 18 heavy (non-hydrogen) atoms. The smallest absolute Gasteiger partial charge is 0.270 e. The fourth-order valence-corrected chi connectivity index (χ4v) is 3.39. The van der Waals surface area contributed by atoms with Crippen LogP contribution in [0, 0.1) is 0 Å². The molecule has 94 valence electrons. The topological polar surface area (TPSA) is 37.8 Å². The second-order valence-corrected chi connectivity index (χ2v) is 5.59. The maximum absolute atomic E-state index is 12.0. The lowest BCUT2D eigenvalue weighted by Crippen LogP contribution is -2.19. The van der Waals surface area contributed by atoms with Gasteiger partial charge < -0.3 is 0 Å². The summed E-state index contributed by atoms with van der Waals surface area (Å²) in [7, 11) is 0. The zero-order valence-electron chi connectivity index (χ0n) is 10.2. The van der Waals surface area contributed by atoms with Crippen LogP contribution >= 0.6 is 11.8 Å². The van der Waals surface area contributed by atoms with Crippen molar-refractivity contribution in [2.45, 2.75) is 30.9 Å². The number of rotatable bonds is 4. The van der Waals surface area contributed by atoms with Crippen molar-refractivity contribution in [3.63, 3.8) is 0 Å². The van der Waals surface area contributed by atoms with Crippen LogP contribution in [0.1, 0.15) is 23.2 Å². The van der Waals surface area contributed by atoms with E-state index in [-0.39, 0.29) is 5.56 Å². The highest BCUT2D eigenvalue weighted by Crippen LogP contribution is 2.25. The molecule has 3 nitrogen and oxygen atoms in total.